The maximum absolute atomic E-state index is 13.8. The summed E-state index contributed by atoms with van der Waals surface area (Å²) in [7, 11) is 0. The van der Waals surface area contributed by atoms with Gasteiger partial charge in [0.2, 0.25) is 17.7 Å². The monoisotopic (exact) mass is 543 g/mol. The number of carbonyl (C=O) groups excluding carboxylic acids is 3. The molecule has 3 aliphatic heterocycles. The predicted molar refractivity (Wildman–Crippen MR) is 154 cm³/mol. The predicted octanol–water partition coefficient (Wildman–Crippen LogP) is 3.75. The Balaban J connectivity index is 1.36. The highest BCUT2D eigenvalue weighted by molar-refractivity contribution is 5.90. The number of hydrogen-bond donors (Lipinski definition) is 2. The van der Waals surface area contributed by atoms with Gasteiger partial charge in [0, 0.05) is 44.7 Å². The van der Waals surface area contributed by atoms with Gasteiger partial charge in [-0.25, -0.2) is 0 Å². The third kappa shape index (κ3) is 6.64. The lowest BCUT2D eigenvalue weighted by molar-refractivity contribution is -0.140. The van der Waals surface area contributed by atoms with E-state index in [0.29, 0.717) is 64.8 Å². The van der Waals surface area contributed by atoms with Crippen molar-refractivity contribution < 1.29 is 19.1 Å². The zero-order valence-electron chi connectivity index (χ0n) is 23.4. The lowest BCUT2D eigenvalue weighted by atomic mass is 9.75. The Bertz CT molecular complexity index is 1220. The van der Waals surface area contributed by atoms with Gasteiger partial charge in [-0.1, -0.05) is 66.7 Å². The van der Waals surface area contributed by atoms with E-state index in [0.717, 1.165) is 23.1 Å². The van der Waals surface area contributed by atoms with Crippen molar-refractivity contribution in [2.24, 2.45) is 11.3 Å². The first kappa shape index (κ1) is 28.1. The standard InChI is InChI=1S/C33H41N3O4/c1-24-9-5-6-12-26(24)22-30(37)36-18-14-28-27(23-36)13-7-8-15-33(16-19-40-20-17-33)32(39)35-29(31(38)34-28)21-25-10-3-2-4-11-25/h2-12,27-29H,13-23H2,1H3,(H,34,38)(H,35,39)/b8-7+/t27-,28+,29+/m0/s1. The lowest BCUT2D eigenvalue weighted by Crippen LogP contribution is -2.58. The molecular weight excluding hydrogens is 502 g/mol. The Morgan fingerprint density at radius 2 is 1.75 bits per heavy atom. The number of rotatable bonds is 4. The summed E-state index contributed by atoms with van der Waals surface area (Å²) in [5, 5.41) is 6.43. The highest BCUT2D eigenvalue weighted by Gasteiger charge is 2.41. The average Bonchev–Trinajstić information content (AvgIpc) is 2.97. The molecule has 212 valence electrons. The van der Waals surface area contributed by atoms with Crippen LogP contribution in [0.4, 0.5) is 0 Å². The molecule has 3 heterocycles. The summed E-state index contributed by atoms with van der Waals surface area (Å²) in [6.07, 6.45) is 8.43. The fraction of sp³-hybridized carbons (Fsp3) is 0.485. The number of aryl methyl sites for hydroxylation is 1. The largest absolute Gasteiger partial charge is 0.381 e. The van der Waals surface area contributed by atoms with E-state index in [-0.39, 0.29) is 29.7 Å². The molecule has 7 heteroatoms. The van der Waals surface area contributed by atoms with Crippen molar-refractivity contribution in [2.45, 2.75) is 64.0 Å². The highest BCUT2D eigenvalue weighted by Crippen LogP contribution is 2.36. The topological polar surface area (TPSA) is 87.7 Å². The van der Waals surface area contributed by atoms with Crippen LogP contribution >= 0.6 is 0 Å². The molecule has 40 heavy (non-hydrogen) atoms. The molecule has 2 aromatic carbocycles. The van der Waals surface area contributed by atoms with E-state index in [4.69, 9.17) is 4.74 Å². The van der Waals surface area contributed by atoms with E-state index < -0.39 is 11.5 Å². The molecule has 3 amide bonds. The Kier molecular flexibility index (Phi) is 9.00. The van der Waals surface area contributed by atoms with Gasteiger partial charge in [0.25, 0.3) is 0 Å². The van der Waals surface area contributed by atoms with Crippen molar-refractivity contribution in [2.75, 3.05) is 26.3 Å². The molecule has 0 aliphatic carbocycles. The van der Waals surface area contributed by atoms with Crippen molar-refractivity contribution in [3.63, 3.8) is 0 Å². The molecule has 0 unspecified atom stereocenters. The van der Waals surface area contributed by atoms with Crippen LogP contribution in [0, 0.1) is 18.3 Å². The molecule has 0 radical (unpaired) electrons. The quantitative estimate of drug-likeness (QED) is 0.575. The number of piperidine rings is 1. The van der Waals surface area contributed by atoms with Crippen LogP contribution in [0.25, 0.3) is 0 Å². The first-order chi connectivity index (χ1) is 19.4. The number of allylic oxidation sites excluding steroid dienone is 2. The fourth-order valence-corrected chi connectivity index (χ4v) is 6.29. The summed E-state index contributed by atoms with van der Waals surface area (Å²) in [4.78, 5) is 42.7. The minimum absolute atomic E-state index is 0.0636. The van der Waals surface area contributed by atoms with Crippen LogP contribution in [-0.2, 0) is 32.0 Å². The van der Waals surface area contributed by atoms with Crippen LogP contribution in [0.15, 0.2) is 66.7 Å². The molecular formula is C33H41N3O4. The number of nitrogens with zero attached hydrogens (tertiary/aromatic N) is 1. The van der Waals surface area contributed by atoms with Crippen molar-refractivity contribution in [1.29, 1.82) is 0 Å². The van der Waals surface area contributed by atoms with E-state index in [1.807, 2.05) is 66.4 Å². The lowest BCUT2D eigenvalue weighted by Gasteiger charge is -2.40. The molecule has 1 spiro atoms. The second-order valence-electron chi connectivity index (χ2n) is 11.6. The zero-order chi connectivity index (χ0) is 28.0. The van der Waals surface area contributed by atoms with Crippen molar-refractivity contribution >= 4 is 17.7 Å². The zero-order valence-corrected chi connectivity index (χ0v) is 23.4. The number of likely N-dealkylation sites (tertiary alicyclic amines) is 1. The Morgan fingerprint density at radius 3 is 2.52 bits per heavy atom. The van der Waals surface area contributed by atoms with E-state index in [1.165, 1.54) is 0 Å². The second kappa shape index (κ2) is 12.8. The Hall–Kier alpha value is -3.45. The summed E-state index contributed by atoms with van der Waals surface area (Å²) >= 11 is 0. The third-order valence-electron chi connectivity index (χ3n) is 8.97. The minimum Gasteiger partial charge on any atom is -0.381 e. The molecule has 2 aromatic rings. The fourth-order valence-electron chi connectivity index (χ4n) is 6.29. The van der Waals surface area contributed by atoms with Crippen LogP contribution in [0.5, 0.6) is 0 Å². The molecule has 0 bridgehead atoms. The molecule has 2 fully saturated rings. The van der Waals surface area contributed by atoms with Crippen LogP contribution in [0.2, 0.25) is 0 Å². The number of nitrogens with one attached hydrogen (secondary N) is 2. The van der Waals surface area contributed by atoms with Crippen molar-refractivity contribution in [3.8, 4) is 0 Å². The molecule has 2 saturated heterocycles. The van der Waals surface area contributed by atoms with Gasteiger partial charge in [-0.05, 0) is 55.7 Å². The van der Waals surface area contributed by atoms with E-state index >= 15 is 0 Å². The molecule has 7 nitrogen and oxygen atoms in total. The van der Waals surface area contributed by atoms with Gasteiger partial charge in [-0.3, -0.25) is 14.4 Å². The summed E-state index contributed by atoms with van der Waals surface area (Å²) in [6.45, 7) is 4.33. The summed E-state index contributed by atoms with van der Waals surface area (Å²) in [5.41, 5.74) is 2.61. The highest BCUT2D eigenvalue weighted by atomic mass is 16.5. The van der Waals surface area contributed by atoms with Crippen molar-refractivity contribution in [3.05, 3.63) is 83.4 Å². The normalized spacial score (nSPS) is 26.0. The van der Waals surface area contributed by atoms with Gasteiger partial charge in [0.05, 0.1) is 11.8 Å². The maximum Gasteiger partial charge on any atom is 0.243 e. The third-order valence-corrected chi connectivity index (χ3v) is 8.97. The number of amides is 3. The second-order valence-corrected chi connectivity index (χ2v) is 11.6. The molecule has 0 saturated carbocycles. The van der Waals surface area contributed by atoms with Crippen LogP contribution in [-0.4, -0.2) is 61.0 Å². The maximum atomic E-state index is 13.8. The minimum atomic E-state index is -0.667. The molecule has 5 rings (SSSR count). The summed E-state index contributed by atoms with van der Waals surface area (Å²) in [6, 6.07) is 17.1. The molecule has 2 N–H and O–H groups in total. The number of ether oxygens (including phenoxy) is 1. The Morgan fingerprint density at radius 1 is 1.00 bits per heavy atom. The number of benzene rings is 2. The molecule has 3 aliphatic rings. The van der Waals surface area contributed by atoms with Crippen molar-refractivity contribution in [1.82, 2.24) is 15.5 Å². The van der Waals surface area contributed by atoms with Gasteiger partial charge < -0.3 is 20.3 Å². The van der Waals surface area contributed by atoms with Gasteiger partial charge in [0.1, 0.15) is 6.04 Å². The van der Waals surface area contributed by atoms with Gasteiger partial charge >= 0.3 is 0 Å². The average molecular weight is 544 g/mol. The SMILES string of the molecule is Cc1ccccc1CC(=O)N1CC[C@H]2NC(=O)[C@@H](Cc3ccccc3)NC(=O)C3(C/C=C/C[C@H]2C1)CCOCC3. The smallest absolute Gasteiger partial charge is 0.243 e. The van der Waals surface area contributed by atoms with Crippen LogP contribution < -0.4 is 10.6 Å². The van der Waals surface area contributed by atoms with Gasteiger partial charge in [-0.15, -0.1) is 0 Å². The number of fused-ring (bicyclic) bond motifs is 1. The first-order valence-corrected chi connectivity index (χ1v) is 14.6. The van der Waals surface area contributed by atoms with Gasteiger partial charge in [0.15, 0.2) is 0 Å². The van der Waals surface area contributed by atoms with Crippen LogP contribution in [0.1, 0.15) is 48.8 Å². The Labute approximate surface area is 237 Å². The number of hydrogen-bond acceptors (Lipinski definition) is 4. The molecule has 0 aromatic heterocycles. The van der Waals surface area contributed by atoms with E-state index in [9.17, 15) is 14.4 Å². The van der Waals surface area contributed by atoms with Crippen LogP contribution in [0.3, 0.4) is 0 Å². The number of carbonyl (C=O) groups is 3. The van der Waals surface area contributed by atoms with Gasteiger partial charge in [-0.2, -0.15) is 0 Å². The van der Waals surface area contributed by atoms with E-state index in [1.54, 1.807) is 0 Å². The van der Waals surface area contributed by atoms with E-state index in [2.05, 4.69) is 22.8 Å². The first-order valence-electron chi connectivity index (χ1n) is 14.6. The molecule has 3 atom stereocenters. The summed E-state index contributed by atoms with van der Waals surface area (Å²) < 4.78 is 5.60. The summed E-state index contributed by atoms with van der Waals surface area (Å²) in [5.74, 6) is 0.0152.